The van der Waals surface area contributed by atoms with E-state index in [1.165, 1.54) is 0 Å². The van der Waals surface area contributed by atoms with Crippen molar-refractivity contribution in [1.29, 1.82) is 0 Å². The molecule has 0 fully saturated rings. The van der Waals surface area contributed by atoms with Gasteiger partial charge in [-0.05, 0) is 29.8 Å². The fourth-order valence-electron chi connectivity index (χ4n) is 2.29. The van der Waals surface area contributed by atoms with E-state index in [1.54, 1.807) is 24.9 Å². The molecule has 0 unspecified atom stereocenters. The Labute approximate surface area is 154 Å². The molecule has 124 valence electrons. The molecule has 1 heterocycles. The van der Waals surface area contributed by atoms with Crippen LogP contribution in [0.4, 0.5) is 0 Å². The Morgan fingerprint density at radius 2 is 1.92 bits per heavy atom. The van der Waals surface area contributed by atoms with E-state index >= 15 is 0 Å². The smallest absolute Gasteiger partial charge is 0.191 e. The van der Waals surface area contributed by atoms with Gasteiger partial charge in [0.05, 0.1) is 12.7 Å². The average molecular weight is 380 g/mol. The number of nitrogens with zero attached hydrogens (tertiary/aromatic N) is 3. The molecule has 3 aromatic rings. The van der Waals surface area contributed by atoms with Crippen LogP contribution in [0, 0.1) is 0 Å². The molecule has 0 atom stereocenters. The molecule has 4 nitrogen and oxygen atoms in total. The number of aromatic nitrogens is 3. The van der Waals surface area contributed by atoms with Gasteiger partial charge in [0.2, 0.25) is 0 Å². The minimum atomic E-state index is 0.630. The standard InChI is InChI=1S/C17H15Cl2N3OS/c1-22-16(13-5-3-4-6-15(13)23-2)20-21-17(22)24-10-11-7-8-12(18)9-14(11)19/h3-9H,10H2,1-2H3. The molecule has 0 amide bonds. The molecular weight excluding hydrogens is 365 g/mol. The van der Waals surface area contributed by atoms with Crippen LogP contribution in [-0.4, -0.2) is 21.9 Å². The number of ether oxygens (including phenoxy) is 1. The monoisotopic (exact) mass is 379 g/mol. The summed E-state index contributed by atoms with van der Waals surface area (Å²) in [6, 6.07) is 13.3. The van der Waals surface area contributed by atoms with Gasteiger partial charge in [-0.3, -0.25) is 0 Å². The molecule has 7 heteroatoms. The number of hydrogen-bond acceptors (Lipinski definition) is 4. The van der Waals surface area contributed by atoms with Crippen molar-refractivity contribution >= 4 is 35.0 Å². The lowest BCUT2D eigenvalue weighted by molar-refractivity contribution is 0.416. The summed E-state index contributed by atoms with van der Waals surface area (Å²) in [6.07, 6.45) is 0. The zero-order valence-corrected chi connectivity index (χ0v) is 15.5. The minimum Gasteiger partial charge on any atom is -0.496 e. The second kappa shape index (κ2) is 7.47. The predicted molar refractivity (Wildman–Crippen MR) is 99.0 cm³/mol. The van der Waals surface area contributed by atoms with E-state index in [0.29, 0.717) is 15.8 Å². The molecule has 0 bridgehead atoms. The van der Waals surface area contributed by atoms with Gasteiger partial charge in [-0.15, -0.1) is 10.2 Å². The van der Waals surface area contributed by atoms with E-state index in [2.05, 4.69) is 10.2 Å². The van der Waals surface area contributed by atoms with Gasteiger partial charge in [-0.1, -0.05) is 53.2 Å². The summed E-state index contributed by atoms with van der Waals surface area (Å²) in [5.41, 5.74) is 1.92. The number of para-hydroxylation sites is 1. The van der Waals surface area contributed by atoms with E-state index in [9.17, 15) is 0 Å². The maximum absolute atomic E-state index is 6.22. The zero-order valence-electron chi connectivity index (χ0n) is 13.2. The normalized spacial score (nSPS) is 10.8. The van der Waals surface area contributed by atoms with E-state index in [4.69, 9.17) is 27.9 Å². The second-order valence-electron chi connectivity index (χ2n) is 5.09. The zero-order chi connectivity index (χ0) is 17.1. The average Bonchev–Trinajstić information content (AvgIpc) is 2.94. The molecule has 0 spiro atoms. The first kappa shape index (κ1) is 17.1. The Hall–Kier alpha value is -1.69. The van der Waals surface area contributed by atoms with Crippen molar-refractivity contribution in [1.82, 2.24) is 14.8 Å². The summed E-state index contributed by atoms with van der Waals surface area (Å²) in [6.45, 7) is 0. The number of benzene rings is 2. The highest BCUT2D eigenvalue weighted by Gasteiger charge is 2.15. The quantitative estimate of drug-likeness (QED) is 0.578. The van der Waals surface area contributed by atoms with Gasteiger partial charge in [0.1, 0.15) is 5.75 Å². The van der Waals surface area contributed by atoms with Crippen LogP contribution in [0.5, 0.6) is 5.75 Å². The van der Waals surface area contributed by atoms with Gasteiger partial charge < -0.3 is 9.30 Å². The molecule has 0 radical (unpaired) electrons. The summed E-state index contributed by atoms with van der Waals surface area (Å²) >= 11 is 13.7. The van der Waals surface area contributed by atoms with Crippen molar-refractivity contribution in [3.05, 3.63) is 58.1 Å². The van der Waals surface area contributed by atoms with Crippen LogP contribution >= 0.6 is 35.0 Å². The Bertz CT molecular complexity index is 867. The lowest BCUT2D eigenvalue weighted by Crippen LogP contribution is -1.97. The molecule has 0 aliphatic rings. The lowest BCUT2D eigenvalue weighted by atomic mass is 10.2. The molecule has 2 aromatic carbocycles. The van der Waals surface area contributed by atoms with Crippen LogP contribution in [-0.2, 0) is 12.8 Å². The first-order valence-electron chi connectivity index (χ1n) is 7.19. The molecule has 0 saturated heterocycles. The number of thioether (sulfide) groups is 1. The molecule has 0 saturated carbocycles. The Balaban J connectivity index is 1.83. The number of hydrogen-bond donors (Lipinski definition) is 0. The van der Waals surface area contributed by atoms with Crippen LogP contribution in [0.25, 0.3) is 11.4 Å². The third kappa shape index (κ3) is 3.53. The Morgan fingerprint density at radius 3 is 2.67 bits per heavy atom. The third-order valence-corrected chi connectivity index (χ3v) is 5.21. The van der Waals surface area contributed by atoms with Crippen molar-refractivity contribution in [2.75, 3.05) is 7.11 Å². The molecular formula is C17H15Cl2N3OS. The van der Waals surface area contributed by atoms with Crippen LogP contribution in [0.15, 0.2) is 47.6 Å². The molecule has 1 aromatic heterocycles. The van der Waals surface area contributed by atoms with E-state index in [0.717, 1.165) is 27.9 Å². The molecule has 0 aliphatic carbocycles. The summed E-state index contributed by atoms with van der Waals surface area (Å²) in [7, 11) is 3.58. The fourth-order valence-corrected chi connectivity index (χ4v) is 3.76. The van der Waals surface area contributed by atoms with Gasteiger partial charge in [-0.2, -0.15) is 0 Å². The molecule has 3 rings (SSSR count). The molecule has 0 N–H and O–H groups in total. The van der Waals surface area contributed by atoms with Gasteiger partial charge in [0.15, 0.2) is 11.0 Å². The van der Waals surface area contributed by atoms with Gasteiger partial charge in [0.25, 0.3) is 0 Å². The highest BCUT2D eigenvalue weighted by atomic mass is 35.5. The number of methoxy groups -OCH3 is 1. The Kier molecular flexibility index (Phi) is 5.33. The fraction of sp³-hybridized carbons (Fsp3) is 0.176. The van der Waals surface area contributed by atoms with Crippen molar-refractivity contribution in [2.45, 2.75) is 10.9 Å². The molecule has 0 aliphatic heterocycles. The first-order chi connectivity index (χ1) is 11.6. The van der Waals surface area contributed by atoms with Crippen molar-refractivity contribution in [3.8, 4) is 17.1 Å². The summed E-state index contributed by atoms with van der Waals surface area (Å²) < 4.78 is 7.35. The highest BCUT2D eigenvalue weighted by molar-refractivity contribution is 7.98. The summed E-state index contributed by atoms with van der Waals surface area (Å²) in [4.78, 5) is 0. The lowest BCUT2D eigenvalue weighted by Gasteiger charge is -2.08. The Morgan fingerprint density at radius 1 is 1.12 bits per heavy atom. The largest absolute Gasteiger partial charge is 0.496 e. The summed E-state index contributed by atoms with van der Waals surface area (Å²) in [5, 5.41) is 10.7. The van der Waals surface area contributed by atoms with Crippen LogP contribution in [0.3, 0.4) is 0 Å². The number of halogens is 2. The van der Waals surface area contributed by atoms with Crippen LogP contribution in [0.2, 0.25) is 10.0 Å². The highest BCUT2D eigenvalue weighted by Crippen LogP contribution is 2.32. The van der Waals surface area contributed by atoms with E-state index in [1.807, 2.05) is 48.0 Å². The van der Waals surface area contributed by atoms with Gasteiger partial charge >= 0.3 is 0 Å². The van der Waals surface area contributed by atoms with E-state index < -0.39 is 0 Å². The topological polar surface area (TPSA) is 39.9 Å². The van der Waals surface area contributed by atoms with E-state index in [-0.39, 0.29) is 0 Å². The second-order valence-corrected chi connectivity index (χ2v) is 6.88. The maximum Gasteiger partial charge on any atom is 0.191 e. The maximum atomic E-state index is 6.22. The summed E-state index contributed by atoms with van der Waals surface area (Å²) in [5.74, 6) is 2.22. The van der Waals surface area contributed by atoms with Crippen molar-refractivity contribution < 1.29 is 4.74 Å². The van der Waals surface area contributed by atoms with Crippen LogP contribution in [0.1, 0.15) is 5.56 Å². The minimum absolute atomic E-state index is 0.630. The van der Waals surface area contributed by atoms with Gasteiger partial charge in [0, 0.05) is 22.8 Å². The van der Waals surface area contributed by atoms with Gasteiger partial charge in [-0.25, -0.2) is 0 Å². The number of rotatable bonds is 5. The first-order valence-corrected chi connectivity index (χ1v) is 8.94. The van der Waals surface area contributed by atoms with Crippen molar-refractivity contribution in [2.24, 2.45) is 7.05 Å². The van der Waals surface area contributed by atoms with Crippen molar-refractivity contribution in [3.63, 3.8) is 0 Å². The predicted octanol–water partition coefficient (Wildman–Crippen LogP) is 5.09. The SMILES string of the molecule is COc1ccccc1-c1nnc(SCc2ccc(Cl)cc2Cl)n1C. The molecule has 24 heavy (non-hydrogen) atoms. The van der Waals surface area contributed by atoms with Crippen LogP contribution < -0.4 is 4.74 Å². The third-order valence-electron chi connectivity index (χ3n) is 3.55.